The Balaban J connectivity index is 1.78. The Kier molecular flexibility index (Phi) is 4.95. The predicted octanol–water partition coefficient (Wildman–Crippen LogP) is 2.58. The van der Waals surface area contributed by atoms with Crippen molar-refractivity contribution >= 4 is 10.0 Å². The molecule has 154 valence electrons. The van der Waals surface area contributed by atoms with E-state index in [0.717, 1.165) is 29.8 Å². The van der Waals surface area contributed by atoms with Gasteiger partial charge >= 0.3 is 0 Å². The van der Waals surface area contributed by atoms with Crippen LogP contribution in [0.15, 0.2) is 41.6 Å². The van der Waals surface area contributed by atoms with Gasteiger partial charge < -0.3 is 4.74 Å². The summed E-state index contributed by atoms with van der Waals surface area (Å²) in [5.74, 6) is 0.325. The van der Waals surface area contributed by atoms with E-state index in [2.05, 4.69) is 10.2 Å². The van der Waals surface area contributed by atoms with Gasteiger partial charge in [0.15, 0.2) is 0 Å². The standard InChI is InChI=1S/C20H25N5O3S/c1-14-18(15(2)23(3)22-14)13-25(16-6-7-16)29(26,27)20-12-17(8-9-19(20)28-4)24-11-5-10-21-24/h5,8-12,16H,6-7,13H2,1-4H3. The second-order valence-electron chi connectivity index (χ2n) is 7.34. The Morgan fingerprint density at radius 2 is 2.03 bits per heavy atom. The first-order valence-electron chi connectivity index (χ1n) is 9.52. The summed E-state index contributed by atoms with van der Waals surface area (Å²) in [6.07, 6.45) is 5.15. The van der Waals surface area contributed by atoms with E-state index in [0.29, 0.717) is 18.0 Å². The molecule has 0 bridgehead atoms. The Bertz CT molecular complexity index is 1130. The first-order valence-corrected chi connectivity index (χ1v) is 11.0. The third-order valence-corrected chi connectivity index (χ3v) is 7.35. The zero-order valence-corrected chi connectivity index (χ0v) is 17.8. The quantitative estimate of drug-likeness (QED) is 0.592. The van der Waals surface area contributed by atoms with Gasteiger partial charge in [0, 0.05) is 43.3 Å². The molecule has 1 saturated carbocycles. The Labute approximate surface area is 170 Å². The summed E-state index contributed by atoms with van der Waals surface area (Å²) in [5.41, 5.74) is 3.44. The minimum atomic E-state index is -3.79. The largest absolute Gasteiger partial charge is 0.495 e. The molecule has 0 amide bonds. The lowest BCUT2D eigenvalue weighted by Crippen LogP contribution is -2.33. The SMILES string of the molecule is COc1ccc(-n2cccn2)cc1S(=O)(=O)N(Cc1c(C)nn(C)c1C)C1CC1. The number of nitrogens with zero attached hydrogens (tertiary/aromatic N) is 5. The van der Waals surface area contributed by atoms with Crippen molar-refractivity contribution in [3.63, 3.8) is 0 Å². The van der Waals surface area contributed by atoms with Gasteiger partial charge in [-0.2, -0.15) is 14.5 Å². The minimum absolute atomic E-state index is 0.00271. The highest BCUT2D eigenvalue weighted by molar-refractivity contribution is 7.89. The lowest BCUT2D eigenvalue weighted by atomic mass is 10.2. The molecule has 0 aliphatic heterocycles. The highest BCUT2D eigenvalue weighted by atomic mass is 32.2. The number of aryl methyl sites for hydroxylation is 2. The number of benzene rings is 1. The molecule has 2 heterocycles. The molecule has 1 aliphatic carbocycles. The molecule has 29 heavy (non-hydrogen) atoms. The van der Waals surface area contributed by atoms with Crippen LogP contribution in [0.25, 0.3) is 5.69 Å². The van der Waals surface area contributed by atoms with Gasteiger partial charge in [0.1, 0.15) is 10.6 Å². The summed E-state index contributed by atoms with van der Waals surface area (Å²) in [6, 6.07) is 6.89. The molecule has 1 fully saturated rings. The number of hydrogen-bond donors (Lipinski definition) is 0. The predicted molar refractivity (Wildman–Crippen MR) is 109 cm³/mol. The molecule has 0 radical (unpaired) electrons. The van der Waals surface area contributed by atoms with Gasteiger partial charge in [0.2, 0.25) is 10.0 Å². The maximum atomic E-state index is 13.7. The van der Waals surface area contributed by atoms with Crippen molar-refractivity contribution in [1.29, 1.82) is 0 Å². The normalized spacial score (nSPS) is 14.5. The van der Waals surface area contributed by atoms with Crippen molar-refractivity contribution < 1.29 is 13.2 Å². The van der Waals surface area contributed by atoms with Gasteiger partial charge in [0.25, 0.3) is 0 Å². The maximum absolute atomic E-state index is 13.7. The van der Waals surface area contributed by atoms with E-state index in [1.165, 1.54) is 7.11 Å². The van der Waals surface area contributed by atoms with Crippen LogP contribution in [-0.4, -0.2) is 45.4 Å². The van der Waals surface area contributed by atoms with Crippen LogP contribution in [0.5, 0.6) is 5.75 Å². The fraction of sp³-hybridized carbons (Fsp3) is 0.400. The molecule has 0 atom stereocenters. The van der Waals surface area contributed by atoms with E-state index in [1.807, 2.05) is 20.9 Å². The van der Waals surface area contributed by atoms with E-state index in [-0.39, 0.29) is 10.9 Å². The van der Waals surface area contributed by atoms with Gasteiger partial charge in [0.05, 0.1) is 18.5 Å². The number of aromatic nitrogens is 4. The van der Waals surface area contributed by atoms with E-state index < -0.39 is 10.0 Å². The van der Waals surface area contributed by atoms with Crippen LogP contribution in [0.2, 0.25) is 0 Å². The van der Waals surface area contributed by atoms with Gasteiger partial charge in [-0.05, 0) is 51.0 Å². The zero-order valence-electron chi connectivity index (χ0n) is 17.0. The van der Waals surface area contributed by atoms with Crippen molar-refractivity contribution in [1.82, 2.24) is 23.9 Å². The maximum Gasteiger partial charge on any atom is 0.247 e. The van der Waals surface area contributed by atoms with Gasteiger partial charge in [-0.3, -0.25) is 4.68 Å². The zero-order chi connectivity index (χ0) is 20.8. The summed E-state index contributed by atoms with van der Waals surface area (Å²) in [5, 5.41) is 8.65. The van der Waals surface area contributed by atoms with Crippen LogP contribution >= 0.6 is 0 Å². The molecule has 8 nitrogen and oxygen atoms in total. The van der Waals surface area contributed by atoms with Crippen LogP contribution in [0.4, 0.5) is 0 Å². The smallest absolute Gasteiger partial charge is 0.247 e. The van der Waals surface area contributed by atoms with Crippen LogP contribution in [0.3, 0.4) is 0 Å². The molecular weight excluding hydrogens is 390 g/mol. The number of rotatable bonds is 7. The fourth-order valence-corrected chi connectivity index (χ4v) is 5.36. The summed E-state index contributed by atoms with van der Waals surface area (Å²) >= 11 is 0. The molecule has 3 aromatic rings. The van der Waals surface area contributed by atoms with Crippen LogP contribution in [0.1, 0.15) is 29.8 Å². The van der Waals surface area contributed by atoms with Crippen LogP contribution in [-0.2, 0) is 23.6 Å². The Hall–Kier alpha value is -2.65. The van der Waals surface area contributed by atoms with Crippen molar-refractivity contribution in [2.45, 2.75) is 44.2 Å². The summed E-state index contributed by atoms with van der Waals surface area (Å²) in [4.78, 5) is 0.152. The first-order chi connectivity index (χ1) is 13.8. The van der Waals surface area contributed by atoms with Gasteiger partial charge in [-0.1, -0.05) is 0 Å². The lowest BCUT2D eigenvalue weighted by molar-refractivity contribution is 0.380. The van der Waals surface area contributed by atoms with E-state index >= 15 is 0 Å². The third-order valence-electron chi connectivity index (χ3n) is 5.43. The van der Waals surface area contributed by atoms with Crippen molar-refractivity contribution in [3.8, 4) is 11.4 Å². The summed E-state index contributed by atoms with van der Waals surface area (Å²) in [7, 11) is -0.428. The number of hydrogen-bond acceptors (Lipinski definition) is 5. The highest BCUT2D eigenvalue weighted by Crippen LogP contribution is 2.37. The highest BCUT2D eigenvalue weighted by Gasteiger charge is 2.40. The second-order valence-corrected chi connectivity index (χ2v) is 9.20. The molecule has 9 heteroatoms. The Morgan fingerprint density at radius 1 is 1.28 bits per heavy atom. The molecule has 0 spiro atoms. The molecule has 0 N–H and O–H groups in total. The fourth-order valence-electron chi connectivity index (χ4n) is 3.53. The molecule has 1 aromatic carbocycles. The van der Waals surface area contributed by atoms with Crippen molar-refractivity contribution in [2.24, 2.45) is 7.05 Å². The summed E-state index contributed by atoms with van der Waals surface area (Å²) in [6.45, 7) is 4.18. The molecule has 2 aromatic heterocycles. The minimum Gasteiger partial charge on any atom is -0.495 e. The molecule has 1 aliphatic rings. The van der Waals surface area contributed by atoms with Crippen LogP contribution < -0.4 is 4.74 Å². The molecule has 0 unspecified atom stereocenters. The van der Waals surface area contributed by atoms with Crippen molar-refractivity contribution in [2.75, 3.05) is 7.11 Å². The van der Waals surface area contributed by atoms with E-state index in [9.17, 15) is 8.42 Å². The molecule has 4 rings (SSSR count). The number of methoxy groups -OCH3 is 1. The molecule has 0 saturated heterocycles. The second kappa shape index (κ2) is 7.31. The van der Waals surface area contributed by atoms with E-state index in [1.54, 1.807) is 50.3 Å². The number of sulfonamides is 1. The van der Waals surface area contributed by atoms with Crippen LogP contribution in [0, 0.1) is 13.8 Å². The average Bonchev–Trinajstić information content (AvgIpc) is 3.31. The Morgan fingerprint density at radius 3 is 2.59 bits per heavy atom. The average molecular weight is 416 g/mol. The van der Waals surface area contributed by atoms with Gasteiger partial charge in [-0.15, -0.1) is 0 Å². The summed E-state index contributed by atoms with van der Waals surface area (Å²) < 4.78 is 37.9. The monoisotopic (exact) mass is 415 g/mol. The lowest BCUT2D eigenvalue weighted by Gasteiger charge is -2.23. The first kappa shape index (κ1) is 19.7. The topological polar surface area (TPSA) is 82.2 Å². The number of ether oxygens (including phenoxy) is 1. The van der Waals surface area contributed by atoms with E-state index in [4.69, 9.17) is 4.74 Å². The third kappa shape index (κ3) is 3.56. The van der Waals surface area contributed by atoms with Gasteiger partial charge in [-0.25, -0.2) is 13.1 Å². The van der Waals surface area contributed by atoms with Crippen molar-refractivity contribution in [3.05, 3.63) is 53.6 Å². The molecular formula is C20H25N5O3S.